The Bertz CT molecular complexity index is 366. The van der Waals surface area contributed by atoms with Crippen molar-refractivity contribution in [3.05, 3.63) is 35.9 Å². The van der Waals surface area contributed by atoms with E-state index in [4.69, 9.17) is 9.57 Å². The second-order valence-electron chi connectivity index (χ2n) is 3.93. The van der Waals surface area contributed by atoms with Gasteiger partial charge in [0.15, 0.2) is 6.23 Å². The number of hydrogen-bond acceptors (Lipinski definition) is 3. The highest BCUT2D eigenvalue weighted by Crippen LogP contribution is 2.20. The summed E-state index contributed by atoms with van der Waals surface area (Å²) in [5.74, 6) is -0.000573. The van der Waals surface area contributed by atoms with E-state index in [1.807, 2.05) is 37.3 Å². The van der Waals surface area contributed by atoms with Gasteiger partial charge in [0.05, 0.1) is 0 Å². The van der Waals surface area contributed by atoms with Gasteiger partial charge in [-0.05, 0) is 12.5 Å². The minimum atomic E-state index is -0.226. The molecule has 1 fully saturated rings. The molecule has 0 saturated carbocycles. The van der Waals surface area contributed by atoms with Gasteiger partial charge in [-0.25, -0.2) is 0 Å². The molecule has 17 heavy (non-hydrogen) atoms. The van der Waals surface area contributed by atoms with Gasteiger partial charge in [-0.1, -0.05) is 30.3 Å². The molecule has 92 valence electrons. The minimum Gasteiger partial charge on any atom is -0.356 e. The molecule has 1 aliphatic rings. The Balaban J connectivity index is 1.90. The summed E-state index contributed by atoms with van der Waals surface area (Å²) in [5.41, 5.74) is 1.04. The van der Waals surface area contributed by atoms with Gasteiger partial charge in [0.2, 0.25) is 5.91 Å². The Kier molecular flexibility index (Phi) is 4.12. The van der Waals surface area contributed by atoms with E-state index in [1.165, 1.54) is 5.06 Å². The number of amides is 1. The Morgan fingerprint density at radius 3 is 2.82 bits per heavy atom. The Morgan fingerprint density at radius 1 is 1.35 bits per heavy atom. The average Bonchev–Trinajstić information content (AvgIpc) is 2.70. The topological polar surface area (TPSA) is 38.8 Å². The molecule has 1 aromatic carbocycles. The number of nitrogens with zero attached hydrogens (tertiary/aromatic N) is 1. The minimum absolute atomic E-state index is 0.000573. The monoisotopic (exact) mass is 235 g/mol. The second-order valence-corrected chi connectivity index (χ2v) is 3.93. The Morgan fingerprint density at radius 2 is 2.12 bits per heavy atom. The van der Waals surface area contributed by atoms with Crippen LogP contribution in [0, 0.1) is 0 Å². The smallest absolute Gasteiger partial charge is 0.248 e. The highest BCUT2D eigenvalue weighted by Gasteiger charge is 2.32. The number of carbonyl (C=O) groups is 1. The summed E-state index contributed by atoms with van der Waals surface area (Å²) in [6.45, 7) is 2.90. The first-order valence-electron chi connectivity index (χ1n) is 5.91. The van der Waals surface area contributed by atoms with Crippen molar-refractivity contribution in [1.29, 1.82) is 0 Å². The van der Waals surface area contributed by atoms with Crippen molar-refractivity contribution in [3.8, 4) is 0 Å². The molecule has 1 unspecified atom stereocenters. The molecule has 0 aliphatic carbocycles. The normalized spacial score (nSPS) is 19.9. The summed E-state index contributed by atoms with van der Waals surface area (Å²) >= 11 is 0. The summed E-state index contributed by atoms with van der Waals surface area (Å²) in [6.07, 6.45) is 0.984. The number of ether oxygens (including phenoxy) is 1. The molecule has 1 heterocycles. The van der Waals surface area contributed by atoms with E-state index in [-0.39, 0.29) is 12.1 Å². The van der Waals surface area contributed by atoms with Crippen LogP contribution in [0.3, 0.4) is 0 Å². The fraction of sp³-hybridized carbons (Fsp3) is 0.462. The lowest BCUT2D eigenvalue weighted by Gasteiger charge is -2.23. The standard InChI is InChI=1S/C13H17NO3/c1-2-16-13-9-8-12(15)14(13)17-10-11-6-4-3-5-7-11/h3-7,13H,2,8-10H2,1H3. The van der Waals surface area contributed by atoms with Crippen molar-refractivity contribution in [2.45, 2.75) is 32.6 Å². The maximum atomic E-state index is 11.6. The Labute approximate surface area is 101 Å². The van der Waals surface area contributed by atoms with Crippen LogP contribution in [0.5, 0.6) is 0 Å². The van der Waals surface area contributed by atoms with Crippen LogP contribution in [0.1, 0.15) is 25.3 Å². The summed E-state index contributed by atoms with van der Waals surface area (Å²) in [4.78, 5) is 17.1. The second kappa shape index (κ2) is 5.80. The van der Waals surface area contributed by atoms with Gasteiger partial charge in [-0.3, -0.25) is 9.63 Å². The van der Waals surface area contributed by atoms with Crippen LogP contribution in [0.2, 0.25) is 0 Å². The molecule has 0 spiro atoms. The predicted octanol–water partition coefficient (Wildman–Crippen LogP) is 2.10. The first-order chi connectivity index (χ1) is 8.31. The first-order valence-corrected chi connectivity index (χ1v) is 5.91. The molecule has 1 aromatic rings. The fourth-order valence-electron chi connectivity index (χ4n) is 1.85. The maximum Gasteiger partial charge on any atom is 0.248 e. The van der Waals surface area contributed by atoms with Crippen molar-refractivity contribution < 1.29 is 14.4 Å². The van der Waals surface area contributed by atoms with E-state index in [2.05, 4.69) is 0 Å². The third-order valence-corrected chi connectivity index (χ3v) is 2.68. The van der Waals surface area contributed by atoms with Gasteiger partial charge in [-0.15, -0.1) is 0 Å². The highest BCUT2D eigenvalue weighted by atomic mass is 16.7. The molecule has 1 amide bonds. The van der Waals surface area contributed by atoms with Crippen molar-refractivity contribution in [2.24, 2.45) is 0 Å². The molecule has 0 aromatic heterocycles. The van der Waals surface area contributed by atoms with Gasteiger partial charge in [-0.2, -0.15) is 5.06 Å². The van der Waals surface area contributed by atoms with Crippen LogP contribution >= 0.6 is 0 Å². The zero-order chi connectivity index (χ0) is 12.1. The Hall–Kier alpha value is -1.39. The fourth-order valence-corrected chi connectivity index (χ4v) is 1.85. The predicted molar refractivity (Wildman–Crippen MR) is 62.7 cm³/mol. The number of hydrogen-bond donors (Lipinski definition) is 0. The van der Waals surface area contributed by atoms with E-state index < -0.39 is 0 Å². The van der Waals surface area contributed by atoms with Gasteiger partial charge < -0.3 is 4.74 Å². The summed E-state index contributed by atoms with van der Waals surface area (Å²) < 4.78 is 5.45. The molecular weight excluding hydrogens is 218 g/mol. The molecule has 4 nitrogen and oxygen atoms in total. The molecule has 0 bridgehead atoms. The molecule has 2 rings (SSSR count). The summed E-state index contributed by atoms with van der Waals surface area (Å²) in [6, 6.07) is 9.79. The largest absolute Gasteiger partial charge is 0.356 e. The van der Waals surface area contributed by atoms with E-state index >= 15 is 0 Å². The zero-order valence-electron chi connectivity index (χ0n) is 9.96. The van der Waals surface area contributed by atoms with Crippen LogP contribution in [0.15, 0.2) is 30.3 Å². The van der Waals surface area contributed by atoms with Gasteiger partial charge in [0.25, 0.3) is 0 Å². The van der Waals surface area contributed by atoms with Crippen molar-refractivity contribution in [3.63, 3.8) is 0 Å². The lowest BCUT2D eigenvalue weighted by Crippen LogP contribution is -2.34. The summed E-state index contributed by atoms with van der Waals surface area (Å²) in [5, 5.41) is 1.37. The van der Waals surface area contributed by atoms with E-state index in [1.54, 1.807) is 0 Å². The summed E-state index contributed by atoms with van der Waals surface area (Å²) in [7, 11) is 0. The molecule has 1 saturated heterocycles. The maximum absolute atomic E-state index is 11.6. The van der Waals surface area contributed by atoms with E-state index in [0.29, 0.717) is 26.1 Å². The van der Waals surface area contributed by atoms with Crippen LogP contribution in [0.25, 0.3) is 0 Å². The quantitative estimate of drug-likeness (QED) is 0.784. The molecule has 0 radical (unpaired) electrons. The third kappa shape index (κ3) is 3.05. The SMILES string of the molecule is CCOC1CCC(=O)N1OCc1ccccc1. The van der Waals surface area contributed by atoms with Crippen LogP contribution in [-0.2, 0) is 21.0 Å². The lowest BCUT2D eigenvalue weighted by molar-refractivity contribution is -0.235. The molecule has 0 N–H and O–H groups in total. The van der Waals surface area contributed by atoms with Crippen molar-refractivity contribution in [2.75, 3.05) is 6.61 Å². The lowest BCUT2D eigenvalue weighted by atomic mass is 10.2. The third-order valence-electron chi connectivity index (χ3n) is 2.68. The number of hydroxylamine groups is 2. The molecule has 4 heteroatoms. The van der Waals surface area contributed by atoms with Crippen molar-refractivity contribution >= 4 is 5.91 Å². The zero-order valence-corrected chi connectivity index (χ0v) is 9.96. The highest BCUT2D eigenvalue weighted by molar-refractivity contribution is 5.77. The van der Waals surface area contributed by atoms with E-state index in [0.717, 1.165) is 5.56 Å². The first kappa shape index (κ1) is 12.1. The average molecular weight is 235 g/mol. The van der Waals surface area contributed by atoms with E-state index in [9.17, 15) is 4.79 Å². The molecule has 1 aliphatic heterocycles. The van der Waals surface area contributed by atoms with Gasteiger partial charge >= 0.3 is 0 Å². The molecule has 1 atom stereocenters. The van der Waals surface area contributed by atoms with Crippen LogP contribution in [0.4, 0.5) is 0 Å². The van der Waals surface area contributed by atoms with Crippen molar-refractivity contribution in [1.82, 2.24) is 5.06 Å². The van der Waals surface area contributed by atoms with Gasteiger partial charge in [0.1, 0.15) is 6.61 Å². The number of benzene rings is 1. The van der Waals surface area contributed by atoms with Crippen LogP contribution < -0.4 is 0 Å². The number of rotatable bonds is 5. The molecular formula is C13H17NO3. The van der Waals surface area contributed by atoms with Crippen LogP contribution in [-0.4, -0.2) is 23.8 Å². The number of carbonyl (C=O) groups excluding carboxylic acids is 1. The van der Waals surface area contributed by atoms with Gasteiger partial charge in [0, 0.05) is 19.4 Å².